The van der Waals surface area contributed by atoms with E-state index >= 15 is 0 Å². The number of fused-ring (bicyclic) bond motifs is 1. The lowest BCUT2D eigenvalue weighted by Gasteiger charge is -2.10. The van der Waals surface area contributed by atoms with Crippen molar-refractivity contribution in [1.29, 1.82) is 0 Å². The SMILES string of the molecule is CC(=O)Oc1c(C)cc(C=c2sc3nc(=O)c(C)nn3c2=O)cc1C. The van der Waals surface area contributed by atoms with Crippen molar-refractivity contribution in [3.05, 3.63) is 59.8 Å². The summed E-state index contributed by atoms with van der Waals surface area (Å²) in [4.78, 5) is 39.3. The number of rotatable bonds is 2. The Balaban J connectivity index is 2.17. The Bertz CT molecular complexity index is 1150. The van der Waals surface area contributed by atoms with Gasteiger partial charge in [0.1, 0.15) is 11.4 Å². The number of nitrogens with zero attached hydrogens (tertiary/aromatic N) is 3. The van der Waals surface area contributed by atoms with Crippen LogP contribution in [0.2, 0.25) is 0 Å². The summed E-state index contributed by atoms with van der Waals surface area (Å²) in [7, 11) is 0. The van der Waals surface area contributed by atoms with Gasteiger partial charge in [0, 0.05) is 6.92 Å². The van der Waals surface area contributed by atoms with Crippen LogP contribution in [-0.4, -0.2) is 20.6 Å². The topological polar surface area (TPSA) is 90.6 Å². The molecule has 2 heterocycles. The first-order chi connectivity index (χ1) is 11.8. The highest BCUT2D eigenvalue weighted by Gasteiger charge is 2.10. The zero-order chi connectivity index (χ0) is 18.3. The molecular weight excluding hydrogens is 342 g/mol. The molecule has 0 spiro atoms. The minimum atomic E-state index is -0.440. The fourth-order valence-electron chi connectivity index (χ4n) is 2.51. The molecule has 0 fully saturated rings. The van der Waals surface area contributed by atoms with Gasteiger partial charge < -0.3 is 4.74 Å². The van der Waals surface area contributed by atoms with Gasteiger partial charge in [-0.3, -0.25) is 14.4 Å². The van der Waals surface area contributed by atoms with Gasteiger partial charge in [-0.15, -0.1) is 0 Å². The number of thiazole rings is 1. The van der Waals surface area contributed by atoms with E-state index in [9.17, 15) is 14.4 Å². The summed E-state index contributed by atoms with van der Waals surface area (Å²) in [6, 6.07) is 3.65. The monoisotopic (exact) mass is 357 g/mol. The van der Waals surface area contributed by atoms with Crippen LogP contribution in [0, 0.1) is 20.8 Å². The second-order valence-electron chi connectivity index (χ2n) is 5.69. The Labute approximate surface area is 146 Å². The van der Waals surface area contributed by atoms with Crippen molar-refractivity contribution >= 4 is 28.3 Å². The molecule has 0 aliphatic carbocycles. The molecule has 0 saturated heterocycles. The molecule has 0 radical (unpaired) electrons. The second kappa shape index (κ2) is 6.21. The minimum Gasteiger partial charge on any atom is -0.426 e. The molecule has 3 aromatic rings. The maximum atomic E-state index is 12.4. The van der Waals surface area contributed by atoms with Gasteiger partial charge in [-0.1, -0.05) is 11.3 Å². The number of carbonyl (C=O) groups is 1. The van der Waals surface area contributed by atoms with E-state index in [2.05, 4.69) is 10.1 Å². The van der Waals surface area contributed by atoms with Gasteiger partial charge in [0.25, 0.3) is 11.1 Å². The first-order valence-corrected chi connectivity index (χ1v) is 8.30. The van der Waals surface area contributed by atoms with Gasteiger partial charge in [0.05, 0.1) is 4.53 Å². The summed E-state index contributed by atoms with van der Waals surface area (Å²) in [5.74, 6) is 0.138. The van der Waals surface area contributed by atoms with Crippen LogP contribution in [0.15, 0.2) is 21.7 Å². The molecule has 0 aliphatic heterocycles. The van der Waals surface area contributed by atoms with Gasteiger partial charge >= 0.3 is 5.97 Å². The largest absolute Gasteiger partial charge is 0.426 e. The van der Waals surface area contributed by atoms with Crippen LogP contribution >= 0.6 is 11.3 Å². The van der Waals surface area contributed by atoms with Crippen molar-refractivity contribution in [1.82, 2.24) is 14.6 Å². The summed E-state index contributed by atoms with van der Waals surface area (Å²) < 4.78 is 6.77. The fourth-order valence-corrected chi connectivity index (χ4v) is 3.41. The number of hydrogen-bond acceptors (Lipinski definition) is 7. The van der Waals surface area contributed by atoms with Crippen molar-refractivity contribution in [3.63, 3.8) is 0 Å². The average Bonchev–Trinajstić information content (AvgIpc) is 2.80. The van der Waals surface area contributed by atoms with Crippen LogP contribution in [0.1, 0.15) is 29.3 Å². The Kier molecular flexibility index (Phi) is 4.22. The summed E-state index contributed by atoms with van der Waals surface area (Å²) in [6.07, 6.45) is 1.71. The van der Waals surface area contributed by atoms with Gasteiger partial charge in [0.2, 0.25) is 4.96 Å². The van der Waals surface area contributed by atoms with E-state index in [1.165, 1.54) is 13.8 Å². The standard InChI is InChI=1S/C17H15N3O4S/c1-8-5-12(6-9(2)14(8)24-11(4)21)7-13-16(23)20-17(25-13)18-15(22)10(3)19-20/h5-7H,1-4H3. The second-order valence-corrected chi connectivity index (χ2v) is 6.70. The molecule has 0 saturated carbocycles. The number of benzene rings is 1. The van der Waals surface area contributed by atoms with E-state index in [1.807, 2.05) is 26.0 Å². The predicted octanol–water partition coefficient (Wildman–Crippen LogP) is 0.909. The highest BCUT2D eigenvalue weighted by atomic mass is 32.1. The van der Waals surface area contributed by atoms with Gasteiger partial charge in [-0.25, -0.2) is 0 Å². The summed E-state index contributed by atoms with van der Waals surface area (Å²) in [5.41, 5.74) is 1.78. The lowest BCUT2D eigenvalue weighted by molar-refractivity contribution is -0.131. The molecule has 128 valence electrons. The third-order valence-electron chi connectivity index (χ3n) is 3.57. The van der Waals surface area contributed by atoms with Crippen LogP contribution in [0.5, 0.6) is 5.75 Å². The molecular formula is C17H15N3O4S. The Morgan fingerprint density at radius 2 is 1.84 bits per heavy atom. The number of aryl methyl sites for hydroxylation is 3. The molecule has 0 bridgehead atoms. The molecule has 0 amide bonds. The number of esters is 1. The molecule has 0 atom stereocenters. The molecule has 3 rings (SSSR count). The molecule has 25 heavy (non-hydrogen) atoms. The lowest BCUT2D eigenvalue weighted by Crippen LogP contribution is -2.27. The quantitative estimate of drug-likeness (QED) is 0.500. The third kappa shape index (κ3) is 3.20. The van der Waals surface area contributed by atoms with E-state index in [0.717, 1.165) is 32.5 Å². The van der Waals surface area contributed by atoms with E-state index < -0.39 is 5.56 Å². The van der Waals surface area contributed by atoms with E-state index in [0.29, 0.717) is 10.3 Å². The van der Waals surface area contributed by atoms with Gasteiger partial charge in [-0.2, -0.15) is 14.6 Å². The molecule has 0 aliphatic rings. The summed E-state index contributed by atoms with van der Waals surface area (Å²) >= 11 is 1.10. The first kappa shape index (κ1) is 17.0. The Morgan fingerprint density at radius 3 is 2.44 bits per heavy atom. The van der Waals surface area contributed by atoms with Gasteiger partial charge in [0.15, 0.2) is 0 Å². The molecule has 7 nitrogen and oxygen atoms in total. The molecule has 0 N–H and O–H groups in total. The van der Waals surface area contributed by atoms with Crippen molar-refractivity contribution in [2.45, 2.75) is 27.7 Å². The van der Waals surface area contributed by atoms with Gasteiger partial charge in [-0.05, 0) is 55.7 Å². The maximum Gasteiger partial charge on any atom is 0.308 e. The Hall–Kier alpha value is -2.87. The van der Waals surface area contributed by atoms with Crippen molar-refractivity contribution < 1.29 is 9.53 Å². The van der Waals surface area contributed by atoms with Crippen LogP contribution in [0.3, 0.4) is 0 Å². The average molecular weight is 357 g/mol. The van der Waals surface area contributed by atoms with Crippen LogP contribution in [0.4, 0.5) is 0 Å². The summed E-state index contributed by atoms with van der Waals surface area (Å²) in [5, 5.41) is 3.98. The van der Waals surface area contributed by atoms with E-state index in [4.69, 9.17) is 4.74 Å². The zero-order valence-corrected chi connectivity index (χ0v) is 14.9. The number of ether oxygens (including phenoxy) is 1. The predicted molar refractivity (Wildman–Crippen MR) is 94.2 cm³/mol. The highest BCUT2D eigenvalue weighted by Crippen LogP contribution is 2.25. The lowest BCUT2D eigenvalue weighted by atomic mass is 10.1. The maximum absolute atomic E-state index is 12.4. The smallest absolute Gasteiger partial charge is 0.308 e. The van der Waals surface area contributed by atoms with Crippen molar-refractivity contribution in [2.24, 2.45) is 0 Å². The van der Waals surface area contributed by atoms with Crippen molar-refractivity contribution in [2.75, 3.05) is 0 Å². The molecule has 0 unspecified atom stereocenters. The number of aromatic nitrogens is 3. The normalized spacial score (nSPS) is 11.9. The molecule has 8 heteroatoms. The van der Waals surface area contributed by atoms with Crippen LogP contribution in [0.25, 0.3) is 11.0 Å². The van der Waals surface area contributed by atoms with Crippen LogP contribution < -0.4 is 20.4 Å². The first-order valence-electron chi connectivity index (χ1n) is 7.48. The molecule has 1 aromatic carbocycles. The number of hydrogen-bond donors (Lipinski definition) is 0. The van der Waals surface area contributed by atoms with E-state index in [-0.39, 0.29) is 22.2 Å². The summed E-state index contributed by atoms with van der Waals surface area (Å²) in [6.45, 7) is 6.53. The minimum absolute atomic E-state index is 0.177. The zero-order valence-electron chi connectivity index (χ0n) is 14.1. The molecule has 2 aromatic heterocycles. The van der Waals surface area contributed by atoms with Crippen LogP contribution in [-0.2, 0) is 4.79 Å². The van der Waals surface area contributed by atoms with Crippen molar-refractivity contribution in [3.8, 4) is 5.75 Å². The Morgan fingerprint density at radius 1 is 1.20 bits per heavy atom. The fraction of sp³-hybridized carbons (Fsp3) is 0.235. The van der Waals surface area contributed by atoms with E-state index in [1.54, 1.807) is 6.08 Å². The third-order valence-corrected chi connectivity index (χ3v) is 4.53. The highest BCUT2D eigenvalue weighted by molar-refractivity contribution is 7.15. The number of carbonyl (C=O) groups excluding carboxylic acids is 1.